The molecule has 1 saturated carbocycles. The molecule has 0 radical (unpaired) electrons. The maximum absolute atomic E-state index is 12.6. The molecule has 164 valence electrons. The third-order valence-electron chi connectivity index (χ3n) is 6.67. The molecule has 3 atom stereocenters. The van der Waals surface area contributed by atoms with Gasteiger partial charge in [0.1, 0.15) is 6.54 Å². The van der Waals surface area contributed by atoms with Crippen LogP contribution in [0.1, 0.15) is 17.6 Å². The quantitative estimate of drug-likeness (QED) is 0.459. The van der Waals surface area contributed by atoms with Crippen molar-refractivity contribution >= 4 is 28.5 Å². The van der Waals surface area contributed by atoms with E-state index in [1.165, 1.54) is 17.9 Å². The zero-order chi connectivity index (χ0) is 22.1. The van der Waals surface area contributed by atoms with Gasteiger partial charge >= 0.3 is 5.69 Å². The maximum Gasteiger partial charge on any atom is 0.332 e. The van der Waals surface area contributed by atoms with Crippen molar-refractivity contribution < 1.29 is 4.52 Å². The van der Waals surface area contributed by atoms with Crippen LogP contribution in [0.5, 0.6) is 0 Å². The molecule has 1 aliphatic carbocycles. The first kappa shape index (κ1) is 19.3. The van der Waals surface area contributed by atoms with E-state index in [4.69, 9.17) is 16.1 Å². The number of nitrogens with zero attached hydrogens (tertiary/aromatic N) is 7. The minimum absolute atomic E-state index is 0.216. The summed E-state index contributed by atoms with van der Waals surface area (Å²) >= 11 is 6.12. The van der Waals surface area contributed by atoms with Gasteiger partial charge in [0, 0.05) is 43.8 Å². The van der Waals surface area contributed by atoms with E-state index in [2.05, 4.69) is 26.1 Å². The number of benzene rings is 1. The fraction of sp³-hybridized carbons (Fsp3) is 0.381. The third kappa shape index (κ3) is 2.82. The number of imidazole rings is 1. The molecule has 0 spiro atoms. The molecule has 11 heteroatoms. The number of halogens is 1. The lowest BCUT2D eigenvalue weighted by molar-refractivity contribution is 0.366. The summed E-state index contributed by atoms with van der Waals surface area (Å²) in [4.78, 5) is 35.9. The number of piperidine rings is 1. The molecule has 3 aromatic heterocycles. The molecular weight excluding hydrogens is 434 g/mol. The van der Waals surface area contributed by atoms with E-state index in [1.807, 2.05) is 18.2 Å². The molecular formula is C21H20ClN7O3. The van der Waals surface area contributed by atoms with Crippen LogP contribution in [0.15, 0.2) is 44.7 Å². The van der Waals surface area contributed by atoms with Gasteiger partial charge < -0.3 is 14.0 Å². The predicted molar refractivity (Wildman–Crippen MR) is 117 cm³/mol. The SMILES string of the molecule is Cn1c(=O)c2c(ncn2Cc2nc([C@H]3[C@@H]4CN(c5cccc(Cl)c5)C[C@@H]43)no2)n(C)c1=O. The van der Waals surface area contributed by atoms with E-state index >= 15 is 0 Å². The van der Waals surface area contributed by atoms with Crippen LogP contribution in [0.2, 0.25) is 5.02 Å². The minimum atomic E-state index is -0.417. The van der Waals surface area contributed by atoms with Crippen LogP contribution in [0.3, 0.4) is 0 Å². The normalized spacial score (nSPS) is 22.0. The van der Waals surface area contributed by atoms with Gasteiger partial charge in [-0.3, -0.25) is 13.9 Å². The smallest absolute Gasteiger partial charge is 0.332 e. The second kappa shape index (κ2) is 6.80. The molecule has 0 N–H and O–H groups in total. The number of hydrogen-bond acceptors (Lipinski definition) is 7. The molecule has 0 amide bonds. The summed E-state index contributed by atoms with van der Waals surface area (Å²) in [6.07, 6.45) is 1.52. The van der Waals surface area contributed by atoms with E-state index in [0.717, 1.165) is 28.4 Å². The van der Waals surface area contributed by atoms with Crippen LogP contribution in [0.4, 0.5) is 5.69 Å². The average Bonchev–Trinajstić information content (AvgIpc) is 3.23. The first-order valence-corrected chi connectivity index (χ1v) is 10.7. The average molecular weight is 454 g/mol. The fourth-order valence-electron chi connectivity index (χ4n) is 4.92. The van der Waals surface area contributed by atoms with Gasteiger partial charge in [0.05, 0.1) is 6.33 Å². The first-order valence-electron chi connectivity index (χ1n) is 10.4. The van der Waals surface area contributed by atoms with Gasteiger partial charge in [0.2, 0.25) is 5.89 Å². The molecule has 2 fully saturated rings. The van der Waals surface area contributed by atoms with Crippen molar-refractivity contribution in [2.24, 2.45) is 25.9 Å². The van der Waals surface area contributed by atoms with Crippen molar-refractivity contribution in [1.29, 1.82) is 0 Å². The Morgan fingerprint density at radius 1 is 1.16 bits per heavy atom. The fourth-order valence-corrected chi connectivity index (χ4v) is 5.11. The second-order valence-electron chi connectivity index (χ2n) is 8.54. The molecule has 0 unspecified atom stereocenters. The molecule has 0 bridgehead atoms. The Labute approximate surface area is 186 Å². The predicted octanol–water partition coefficient (Wildman–Crippen LogP) is 1.37. The molecule has 1 aromatic carbocycles. The summed E-state index contributed by atoms with van der Waals surface area (Å²) in [5, 5.41) is 4.95. The topological polar surface area (TPSA) is 104 Å². The molecule has 10 nitrogen and oxygen atoms in total. The van der Waals surface area contributed by atoms with E-state index in [-0.39, 0.29) is 12.5 Å². The van der Waals surface area contributed by atoms with E-state index in [1.54, 1.807) is 11.6 Å². The molecule has 6 rings (SSSR count). The van der Waals surface area contributed by atoms with Gasteiger partial charge in [-0.25, -0.2) is 9.78 Å². The van der Waals surface area contributed by atoms with Crippen molar-refractivity contribution in [2.75, 3.05) is 18.0 Å². The van der Waals surface area contributed by atoms with E-state index in [0.29, 0.717) is 34.7 Å². The standard InChI is InChI=1S/C21H20ClN7O3/c1-26-19-17(20(30)27(2)21(26)31)29(10-23-19)9-15-24-18(25-32-15)16-13-7-28(8-14(13)16)12-5-3-4-11(22)6-12/h3-6,10,13-14,16H,7-9H2,1-2H3/t13-,14+,16+. The summed E-state index contributed by atoms with van der Waals surface area (Å²) in [6.45, 7) is 2.10. The Morgan fingerprint density at radius 2 is 1.94 bits per heavy atom. The highest BCUT2D eigenvalue weighted by atomic mass is 35.5. The lowest BCUT2D eigenvalue weighted by Gasteiger charge is -2.21. The van der Waals surface area contributed by atoms with Crippen molar-refractivity contribution in [3.05, 3.63) is 68.2 Å². The van der Waals surface area contributed by atoms with Gasteiger partial charge in [-0.15, -0.1) is 0 Å². The summed E-state index contributed by atoms with van der Waals surface area (Å²) < 4.78 is 9.55. The molecule has 32 heavy (non-hydrogen) atoms. The minimum Gasteiger partial charge on any atom is -0.371 e. The highest BCUT2D eigenvalue weighted by Crippen LogP contribution is 2.58. The first-order chi connectivity index (χ1) is 15.4. The molecule has 1 aliphatic heterocycles. The molecule has 4 aromatic rings. The summed E-state index contributed by atoms with van der Waals surface area (Å²) in [5.41, 5.74) is 0.976. The Hall–Kier alpha value is -3.40. The number of aromatic nitrogens is 6. The van der Waals surface area contributed by atoms with Gasteiger partial charge in [-0.2, -0.15) is 4.98 Å². The van der Waals surface area contributed by atoms with Crippen LogP contribution in [0, 0.1) is 11.8 Å². The zero-order valence-corrected chi connectivity index (χ0v) is 18.2. The number of aryl methyl sites for hydroxylation is 1. The Morgan fingerprint density at radius 3 is 2.69 bits per heavy atom. The molecule has 2 aliphatic rings. The zero-order valence-electron chi connectivity index (χ0n) is 17.5. The third-order valence-corrected chi connectivity index (χ3v) is 6.91. The second-order valence-corrected chi connectivity index (χ2v) is 8.97. The highest BCUT2D eigenvalue weighted by molar-refractivity contribution is 6.30. The number of fused-ring (bicyclic) bond motifs is 2. The van der Waals surface area contributed by atoms with Crippen molar-refractivity contribution in [1.82, 2.24) is 28.8 Å². The number of hydrogen-bond donors (Lipinski definition) is 0. The Bertz CT molecular complexity index is 1470. The maximum atomic E-state index is 12.6. The van der Waals surface area contributed by atoms with Crippen LogP contribution in [-0.2, 0) is 20.6 Å². The van der Waals surface area contributed by atoms with Crippen molar-refractivity contribution in [2.45, 2.75) is 12.5 Å². The molecule has 4 heterocycles. The van der Waals surface area contributed by atoms with E-state index < -0.39 is 11.2 Å². The summed E-state index contributed by atoms with van der Waals surface area (Å²) in [5.74, 6) is 2.40. The van der Waals surface area contributed by atoms with Crippen LogP contribution >= 0.6 is 11.6 Å². The highest BCUT2D eigenvalue weighted by Gasteiger charge is 2.58. The van der Waals surface area contributed by atoms with Gasteiger partial charge in [-0.1, -0.05) is 22.8 Å². The summed E-state index contributed by atoms with van der Waals surface area (Å²) in [7, 11) is 3.04. The number of anilines is 1. The Kier molecular flexibility index (Phi) is 4.10. The lowest BCUT2D eigenvalue weighted by atomic mass is 10.2. The van der Waals surface area contributed by atoms with Crippen LogP contribution in [-0.4, -0.2) is 41.9 Å². The monoisotopic (exact) mass is 453 g/mol. The summed E-state index contributed by atoms with van der Waals surface area (Å²) in [6, 6.07) is 7.91. The van der Waals surface area contributed by atoms with Crippen molar-refractivity contribution in [3.8, 4) is 0 Å². The van der Waals surface area contributed by atoms with Crippen LogP contribution < -0.4 is 16.1 Å². The largest absolute Gasteiger partial charge is 0.371 e. The van der Waals surface area contributed by atoms with Gasteiger partial charge in [-0.05, 0) is 30.0 Å². The number of rotatable bonds is 4. The lowest BCUT2D eigenvalue weighted by Crippen LogP contribution is -2.37. The molecule has 1 saturated heterocycles. The van der Waals surface area contributed by atoms with Crippen LogP contribution in [0.25, 0.3) is 11.2 Å². The van der Waals surface area contributed by atoms with Crippen molar-refractivity contribution in [3.63, 3.8) is 0 Å². The van der Waals surface area contributed by atoms with Gasteiger partial charge in [0.15, 0.2) is 17.0 Å². The van der Waals surface area contributed by atoms with E-state index in [9.17, 15) is 9.59 Å². The Balaban J connectivity index is 1.20. The van der Waals surface area contributed by atoms with Gasteiger partial charge in [0.25, 0.3) is 5.56 Å².